The second kappa shape index (κ2) is 8.27. The molecule has 0 amide bonds. The van der Waals surface area contributed by atoms with Gasteiger partial charge in [0.1, 0.15) is 23.4 Å². The van der Waals surface area contributed by atoms with Crippen LogP contribution in [0.4, 0.5) is 4.39 Å². The highest BCUT2D eigenvalue weighted by Crippen LogP contribution is 2.51. The molecule has 0 N–H and O–H groups in total. The summed E-state index contributed by atoms with van der Waals surface area (Å²) < 4.78 is 13.9. The zero-order chi connectivity index (χ0) is 22.2. The smallest absolute Gasteiger partial charge is 0.144 e. The third-order valence-electron chi connectivity index (χ3n) is 7.21. The molecule has 4 nitrogen and oxygen atoms in total. The predicted octanol–water partition coefficient (Wildman–Crippen LogP) is 5.53. The SMILES string of the molecule is CC(C(=O)Cc1ccc(C#N)nc1)C1=C[C@H]2CC(c3ccnc4ccc(F)cc34)C[C@H]2C1. The van der Waals surface area contributed by atoms with Crippen molar-refractivity contribution in [3.63, 3.8) is 0 Å². The molecule has 0 spiro atoms. The van der Waals surface area contributed by atoms with E-state index in [-0.39, 0.29) is 17.5 Å². The number of benzene rings is 1. The van der Waals surface area contributed by atoms with Crippen molar-refractivity contribution in [3.05, 3.63) is 83.1 Å². The molecule has 2 heterocycles. The number of Topliss-reactive ketones (excluding diaryl/α,β-unsaturated/α-hetero) is 1. The summed E-state index contributed by atoms with van der Waals surface area (Å²) >= 11 is 0. The highest BCUT2D eigenvalue weighted by molar-refractivity contribution is 5.85. The fourth-order valence-corrected chi connectivity index (χ4v) is 5.47. The minimum absolute atomic E-state index is 0.106. The first-order valence-corrected chi connectivity index (χ1v) is 11.1. The lowest BCUT2D eigenvalue weighted by Gasteiger charge is -2.17. The van der Waals surface area contributed by atoms with Crippen LogP contribution in [0.5, 0.6) is 0 Å². The van der Waals surface area contributed by atoms with Crippen molar-refractivity contribution < 1.29 is 9.18 Å². The van der Waals surface area contributed by atoms with Crippen LogP contribution in [0, 0.1) is 34.9 Å². The topological polar surface area (TPSA) is 66.6 Å². The molecule has 1 aromatic carbocycles. The van der Waals surface area contributed by atoms with Crippen molar-refractivity contribution in [1.29, 1.82) is 5.26 Å². The Morgan fingerprint density at radius 1 is 1.22 bits per heavy atom. The molecule has 32 heavy (non-hydrogen) atoms. The molecule has 2 aromatic heterocycles. The van der Waals surface area contributed by atoms with E-state index in [2.05, 4.69) is 16.0 Å². The average molecular weight is 426 g/mol. The molecule has 1 saturated carbocycles. The molecule has 0 saturated heterocycles. The number of carbonyl (C=O) groups is 1. The molecule has 0 radical (unpaired) electrons. The molecule has 160 valence electrons. The first kappa shape index (κ1) is 20.5. The largest absolute Gasteiger partial charge is 0.299 e. The first-order chi connectivity index (χ1) is 15.5. The molecule has 3 aromatic rings. The van der Waals surface area contributed by atoms with Gasteiger partial charge in [-0.15, -0.1) is 0 Å². The van der Waals surface area contributed by atoms with Crippen LogP contribution in [-0.2, 0) is 11.2 Å². The van der Waals surface area contributed by atoms with Crippen molar-refractivity contribution >= 4 is 16.7 Å². The Kier molecular flexibility index (Phi) is 5.30. The van der Waals surface area contributed by atoms with Gasteiger partial charge in [-0.1, -0.05) is 24.6 Å². The molecule has 1 fully saturated rings. The Morgan fingerprint density at radius 2 is 2.09 bits per heavy atom. The maximum absolute atomic E-state index is 13.9. The Hall–Kier alpha value is -3.39. The zero-order valence-corrected chi connectivity index (χ0v) is 18.0. The highest BCUT2D eigenvalue weighted by atomic mass is 19.1. The van der Waals surface area contributed by atoms with E-state index in [9.17, 15) is 9.18 Å². The van der Waals surface area contributed by atoms with E-state index in [1.807, 2.05) is 25.3 Å². The predicted molar refractivity (Wildman–Crippen MR) is 120 cm³/mol. The van der Waals surface area contributed by atoms with Crippen molar-refractivity contribution in [1.82, 2.24) is 9.97 Å². The number of hydrogen-bond donors (Lipinski definition) is 0. The van der Waals surface area contributed by atoms with Gasteiger partial charge in [-0.2, -0.15) is 5.26 Å². The van der Waals surface area contributed by atoms with E-state index < -0.39 is 0 Å². The number of allylic oxidation sites excluding steroid dienone is 2. The number of pyridine rings is 2. The molecular formula is C27H24FN3O. The number of ketones is 1. The highest BCUT2D eigenvalue weighted by Gasteiger charge is 2.40. The third kappa shape index (κ3) is 3.82. The normalized spacial score (nSPS) is 22.9. The summed E-state index contributed by atoms with van der Waals surface area (Å²) in [5.41, 5.74) is 4.48. The van der Waals surface area contributed by atoms with E-state index in [1.165, 1.54) is 17.2 Å². The van der Waals surface area contributed by atoms with Crippen molar-refractivity contribution in [2.75, 3.05) is 0 Å². The summed E-state index contributed by atoms with van der Waals surface area (Å²) in [6, 6.07) is 12.3. The maximum atomic E-state index is 13.9. The van der Waals surface area contributed by atoms with Crippen LogP contribution in [0.1, 0.15) is 48.9 Å². The first-order valence-electron chi connectivity index (χ1n) is 11.1. The number of hydrogen-bond acceptors (Lipinski definition) is 4. The molecular weight excluding hydrogens is 401 g/mol. The van der Waals surface area contributed by atoms with E-state index in [0.29, 0.717) is 29.9 Å². The van der Waals surface area contributed by atoms with E-state index in [4.69, 9.17) is 5.26 Å². The second-order valence-electron chi connectivity index (χ2n) is 9.13. The van der Waals surface area contributed by atoms with E-state index in [0.717, 1.165) is 35.7 Å². The summed E-state index contributed by atoms with van der Waals surface area (Å²) in [5, 5.41) is 9.79. The molecule has 2 aliphatic rings. The second-order valence-corrected chi connectivity index (χ2v) is 9.13. The fraction of sp³-hybridized carbons (Fsp3) is 0.333. The number of aromatic nitrogens is 2. The van der Waals surface area contributed by atoms with Gasteiger partial charge in [0.15, 0.2) is 0 Å². The van der Waals surface area contributed by atoms with Crippen LogP contribution in [0.2, 0.25) is 0 Å². The van der Waals surface area contributed by atoms with E-state index >= 15 is 0 Å². The van der Waals surface area contributed by atoms with Crippen LogP contribution in [-0.4, -0.2) is 15.8 Å². The molecule has 5 rings (SSSR count). The van der Waals surface area contributed by atoms with Crippen molar-refractivity contribution in [2.24, 2.45) is 17.8 Å². The summed E-state index contributed by atoms with van der Waals surface area (Å²) in [7, 11) is 0. The quantitative estimate of drug-likeness (QED) is 0.504. The van der Waals surface area contributed by atoms with Gasteiger partial charge in [0, 0.05) is 30.1 Å². The molecule has 4 atom stereocenters. The zero-order valence-electron chi connectivity index (χ0n) is 18.0. The van der Waals surface area contributed by atoms with Crippen molar-refractivity contribution in [3.8, 4) is 6.07 Å². The number of halogens is 1. The summed E-state index contributed by atoms with van der Waals surface area (Å²) in [5.74, 6) is 1.26. The van der Waals surface area contributed by atoms with Crippen LogP contribution < -0.4 is 0 Å². The lowest BCUT2D eigenvalue weighted by molar-refractivity contribution is -0.120. The summed E-state index contributed by atoms with van der Waals surface area (Å²) in [6.45, 7) is 2.00. The van der Waals surface area contributed by atoms with Gasteiger partial charge in [-0.25, -0.2) is 9.37 Å². The lowest BCUT2D eigenvalue weighted by atomic mass is 9.88. The molecule has 0 bridgehead atoms. The molecule has 2 aliphatic carbocycles. The van der Waals surface area contributed by atoms with Gasteiger partial charge in [-0.3, -0.25) is 9.78 Å². The molecule has 0 aliphatic heterocycles. The van der Waals surface area contributed by atoms with Gasteiger partial charge in [0.2, 0.25) is 0 Å². The van der Waals surface area contributed by atoms with Crippen LogP contribution in [0.3, 0.4) is 0 Å². The molecule has 5 heteroatoms. The van der Waals surface area contributed by atoms with E-state index in [1.54, 1.807) is 30.5 Å². The number of carbonyl (C=O) groups excluding carboxylic acids is 1. The standard InChI is InChI=1S/C27H24FN3O/c1-16(27(32)8-17-2-4-23(14-29)31-15-17)18-9-19-11-21(12-20(19)10-18)24-6-7-30-26-5-3-22(28)13-25(24)26/h2-7,9,13,15-16,19-21H,8,10-12H2,1H3/t16?,19-,20+,21?/m0/s1. The fourth-order valence-electron chi connectivity index (χ4n) is 5.47. The Morgan fingerprint density at radius 3 is 2.84 bits per heavy atom. The lowest BCUT2D eigenvalue weighted by Crippen LogP contribution is -2.16. The minimum atomic E-state index is -0.225. The van der Waals surface area contributed by atoms with Gasteiger partial charge >= 0.3 is 0 Å². The monoisotopic (exact) mass is 425 g/mol. The number of nitrogens with zero attached hydrogens (tertiary/aromatic N) is 3. The Balaban J connectivity index is 1.28. The van der Waals surface area contributed by atoms with Crippen LogP contribution in [0.15, 0.2) is 60.4 Å². The van der Waals surface area contributed by atoms with Gasteiger partial charge in [0.25, 0.3) is 0 Å². The number of rotatable bonds is 5. The van der Waals surface area contributed by atoms with Gasteiger partial charge in [0.05, 0.1) is 5.52 Å². The van der Waals surface area contributed by atoms with Crippen LogP contribution >= 0.6 is 0 Å². The minimum Gasteiger partial charge on any atom is -0.299 e. The van der Waals surface area contributed by atoms with Gasteiger partial charge < -0.3 is 0 Å². The Bertz CT molecular complexity index is 1260. The summed E-state index contributed by atoms with van der Waals surface area (Å²) in [4.78, 5) is 21.3. The number of nitriles is 1. The maximum Gasteiger partial charge on any atom is 0.144 e. The van der Waals surface area contributed by atoms with Crippen LogP contribution in [0.25, 0.3) is 10.9 Å². The third-order valence-corrected chi connectivity index (χ3v) is 7.21. The van der Waals surface area contributed by atoms with Crippen molar-refractivity contribution in [2.45, 2.75) is 38.5 Å². The van der Waals surface area contributed by atoms with Gasteiger partial charge in [-0.05, 0) is 78.5 Å². The molecule has 2 unspecified atom stereocenters. The summed E-state index contributed by atoms with van der Waals surface area (Å²) in [6.07, 6.45) is 9.15. The number of fused-ring (bicyclic) bond motifs is 2. The average Bonchev–Trinajstić information content (AvgIpc) is 3.38. The Labute approximate surface area is 186 Å².